The van der Waals surface area contributed by atoms with Crippen LogP contribution in [-0.4, -0.2) is 71.1 Å². The van der Waals surface area contributed by atoms with E-state index in [4.69, 9.17) is 30.8 Å². The number of imidazole rings is 1. The summed E-state index contributed by atoms with van der Waals surface area (Å²) in [6.45, 7) is 4.59. The highest BCUT2D eigenvalue weighted by molar-refractivity contribution is 6.32. The van der Waals surface area contributed by atoms with Crippen LogP contribution in [0, 0.1) is 0 Å². The van der Waals surface area contributed by atoms with Crippen molar-refractivity contribution in [3.05, 3.63) is 53.3 Å². The molecule has 4 aromatic rings. The number of aromatic amines is 1. The lowest BCUT2D eigenvalue weighted by Crippen LogP contribution is -2.34. The van der Waals surface area contributed by atoms with Crippen LogP contribution in [0.5, 0.6) is 23.1 Å². The van der Waals surface area contributed by atoms with Gasteiger partial charge in [0.05, 0.1) is 36.8 Å². The van der Waals surface area contributed by atoms with Gasteiger partial charge in [0.25, 0.3) is 0 Å². The molecule has 0 unspecified atom stereocenters. The maximum Gasteiger partial charge on any atom is 0.230 e. The number of para-hydroxylation sites is 2. The van der Waals surface area contributed by atoms with E-state index in [1.165, 1.54) is 0 Å². The monoisotopic (exact) mass is 551 g/mol. The molecule has 11 nitrogen and oxygen atoms in total. The first-order valence-corrected chi connectivity index (χ1v) is 13.0. The lowest BCUT2D eigenvalue weighted by atomic mass is 10.3. The van der Waals surface area contributed by atoms with E-state index in [-0.39, 0.29) is 5.91 Å². The molecule has 0 saturated carbocycles. The van der Waals surface area contributed by atoms with Crippen LogP contribution in [-0.2, 0) is 11.3 Å². The number of halogens is 1. The minimum absolute atomic E-state index is 0.0612. The third kappa shape index (κ3) is 6.09. The van der Waals surface area contributed by atoms with Crippen molar-refractivity contribution in [2.45, 2.75) is 19.9 Å². The number of ether oxygens (including phenoxy) is 3. The van der Waals surface area contributed by atoms with Gasteiger partial charge >= 0.3 is 0 Å². The molecule has 2 aromatic heterocycles. The SMILES string of the molecule is COc1cc(Cl)c(Oc2cc(NCc3nc4ccccc4[nH]3)nc(N3CCCN(C(C)=O)CC3)n2)cc1OC. The van der Waals surface area contributed by atoms with Crippen LogP contribution in [0.4, 0.5) is 11.8 Å². The van der Waals surface area contributed by atoms with Gasteiger partial charge < -0.3 is 34.3 Å². The molecule has 12 heteroatoms. The van der Waals surface area contributed by atoms with Crippen molar-refractivity contribution >= 4 is 40.3 Å². The predicted octanol–water partition coefficient (Wildman–Crippen LogP) is 4.49. The number of nitrogens with one attached hydrogen (secondary N) is 2. The minimum atomic E-state index is 0.0612. The Balaban J connectivity index is 1.44. The van der Waals surface area contributed by atoms with Gasteiger partial charge in [0, 0.05) is 51.3 Å². The molecule has 2 N–H and O–H groups in total. The summed E-state index contributed by atoms with van der Waals surface area (Å²) < 4.78 is 16.9. The van der Waals surface area contributed by atoms with Crippen molar-refractivity contribution in [2.75, 3.05) is 50.6 Å². The molecule has 1 amide bonds. The fraction of sp³-hybridized carbons (Fsp3) is 0.333. The van der Waals surface area contributed by atoms with E-state index >= 15 is 0 Å². The van der Waals surface area contributed by atoms with Gasteiger partial charge in [-0.2, -0.15) is 9.97 Å². The molecule has 1 saturated heterocycles. The number of aromatic nitrogens is 4. The zero-order valence-electron chi connectivity index (χ0n) is 22.0. The zero-order chi connectivity index (χ0) is 27.4. The van der Waals surface area contributed by atoms with E-state index in [2.05, 4.69) is 25.2 Å². The molecule has 5 rings (SSSR count). The van der Waals surface area contributed by atoms with E-state index in [1.807, 2.05) is 29.2 Å². The highest BCUT2D eigenvalue weighted by Gasteiger charge is 2.21. The Morgan fingerprint density at radius 3 is 2.56 bits per heavy atom. The van der Waals surface area contributed by atoms with Crippen molar-refractivity contribution in [3.63, 3.8) is 0 Å². The molecular formula is C27H30ClN7O4. The van der Waals surface area contributed by atoms with Gasteiger partial charge in [-0.15, -0.1) is 0 Å². The van der Waals surface area contributed by atoms with Gasteiger partial charge in [0.2, 0.25) is 17.7 Å². The summed E-state index contributed by atoms with van der Waals surface area (Å²) >= 11 is 6.48. The number of carbonyl (C=O) groups is 1. The number of H-pyrrole nitrogens is 1. The van der Waals surface area contributed by atoms with Crippen LogP contribution in [0.15, 0.2) is 42.5 Å². The Hall–Kier alpha value is -4.25. The normalized spacial score (nSPS) is 13.7. The van der Waals surface area contributed by atoms with Crippen molar-refractivity contribution in [1.82, 2.24) is 24.8 Å². The molecule has 1 fully saturated rings. The quantitative estimate of drug-likeness (QED) is 0.326. The summed E-state index contributed by atoms with van der Waals surface area (Å²) in [4.78, 5) is 33.2. The Labute approximate surface area is 231 Å². The average Bonchev–Trinajstić information content (AvgIpc) is 3.19. The summed E-state index contributed by atoms with van der Waals surface area (Å²) in [6, 6.07) is 12.8. The average molecular weight is 552 g/mol. The van der Waals surface area contributed by atoms with Crippen LogP contribution in [0.1, 0.15) is 19.2 Å². The molecule has 1 aliphatic rings. The first-order chi connectivity index (χ1) is 18.9. The standard InChI is InChI=1S/C27H30ClN7O4/c1-17(36)34-9-6-10-35(12-11-34)27-32-24(29-16-25-30-19-7-4-5-8-20(19)31-25)15-26(33-27)39-21-14-23(38-3)22(37-2)13-18(21)28/h4-5,7-8,13-15H,6,9-12,16H2,1-3H3,(H,30,31)(H,29,32,33). The molecular weight excluding hydrogens is 522 g/mol. The largest absolute Gasteiger partial charge is 0.493 e. The number of amides is 1. The fourth-order valence-corrected chi connectivity index (χ4v) is 4.61. The molecule has 0 radical (unpaired) electrons. The van der Waals surface area contributed by atoms with Gasteiger partial charge in [-0.1, -0.05) is 23.7 Å². The number of anilines is 2. The smallest absolute Gasteiger partial charge is 0.230 e. The topological polar surface area (TPSA) is 118 Å². The Morgan fingerprint density at radius 2 is 1.79 bits per heavy atom. The Kier molecular flexibility index (Phi) is 7.87. The van der Waals surface area contributed by atoms with Gasteiger partial charge in [0.15, 0.2) is 17.2 Å². The maximum absolute atomic E-state index is 11.9. The number of rotatable bonds is 8. The van der Waals surface area contributed by atoms with Crippen molar-refractivity contribution in [1.29, 1.82) is 0 Å². The third-order valence-corrected chi connectivity index (χ3v) is 6.74. The number of carbonyl (C=O) groups excluding carboxylic acids is 1. The second kappa shape index (κ2) is 11.6. The second-order valence-corrected chi connectivity index (χ2v) is 9.44. The van der Waals surface area contributed by atoms with E-state index in [0.717, 1.165) is 23.3 Å². The summed E-state index contributed by atoms with van der Waals surface area (Å²) in [6.07, 6.45) is 0.803. The van der Waals surface area contributed by atoms with Gasteiger partial charge in [-0.25, -0.2) is 4.98 Å². The van der Waals surface area contributed by atoms with Crippen molar-refractivity contribution in [2.24, 2.45) is 0 Å². The third-order valence-electron chi connectivity index (χ3n) is 6.44. The Bertz CT molecular complexity index is 1450. The van der Waals surface area contributed by atoms with Crippen LogP contribution >= 0.6 is 11.6 Å². The highest BCUT2D eigenvalue weighted by atomic mass is 35.5. The van der Waals surface area contributed by atoms with Crippen molar-refractivity contribution in [3.8, 4) is 23.1 Å². The summed E-state index contributed by atoms with van der Waals surface area (Å²) in [7, 11) is 3.09. The van der Waals surface area contributed by atoms with E-state index < -0.39 is 0 Å². The molecule has 1 aliphatic heterocycles. The first kappa shape index (κ1) is 26.4. The first-order valence-electron chi connectivity index (χ1n) is 12.6. The fourth-order valence-electron chi connectivity index (χ4n) is 4.42. The van der Waals surface area contributed by atoms with Crippen LogP contribution < -0.4 is 24.4 Å². The molecule has 0 spiro atoms. The van der Waals surface area contributed by atoms with E-state index in [0.29, 0.717) is 72.6 Å². The molecule has 204 valence electrons. The Morgan fingerprint density at radius 1 is 1.00 bits per heavy atom. The number of nitrogens with zero attached hydrogens (tertiary/aromatic N) is 5. The van der Waals surface area contributed by atoms with Crippen molar-refractivity contribution < 1.29 is 19.0 Å². The molecule has 0 bridgehead atoms. The number of hydrogen-bond donors (Lipinski definition) is 2. The number of methoxy groups -OCH3 is 2. The number of fused-ring (bicyclic) bond motifs is 1. The lowest BCUT2D eigenvalue weighted by molar-refractivity contribution is -0.128. The summed E-state index contributed by atoms with van der Waals surface area (Å²) in [5, 5.41) is 3.68. The second-order valence-electron chi connectivity index (χ2n) is 9.03. The minimum Gasteiger partial charge on any atom is -0.493 e. The zero-order valence-corrected chi connectivity index (χ0v) is 22.8. The molecule has 2 aromatic carbocycles. The molecule has 39 heavy (non-hydrogen) atoms. The molecule has 3 heterocycles. The van der Waals surface area contributed by atoms with Gasteiger partial charge in [-0.05, 0) is 18.6 Å². The van der Waals surface area contributed by atoms with Crippen LogP contribution in [0.25, 0.3) is 11.0 Å². The maximum atomic E-state index is 11.9. The number of hydrogen-bond acceptors (Lipinski definition) is 9. The molecule has 0 atom stereocenters. The van der Waals surface area contributed by atoms with Crippen LogP contribution in [0.3, 0.4) is 0 Å². The summed E-state index contributed by atoms with van der Waals surface area (Å²) in [5.41, 5.74) is 1.86. The lowest BCUT2D eigenvalue weighted by Gasteiger charge is -2.22. The van der Waals surface area contributed by atoms with E-state index in [9.17, 15) is 4.79 Å². The van der Waals surface area contributed by atoms with Gasteiger partial charge in [0.1, 0.15) is 11.6 Å². The number of benzene rings is 2. The predicted molar refractivity (Wildman–Crippen MR) is 149 cm³/mol. The highest BCUT2D eigenvalue weighted by Crippen LogP contribution is 2.39. The van der Waals surface area contributed by atoms with Gasteiger partial charge in [-0.3, -0.25) is 4.79 Å². The van der Waals surface area contributed by atoms with Crippen LogP contribution in [0.2, 0.25) is 5.02 Å². The summed E-state index contributed by atoms with van der Waals surface area (Å²) in [5.74, 6) is 3.51. The molecule has 0 aliphatic carbocycles. The van der Waals surface area contributed by atoms with E-state index in [1.54, 1.807) is 39.3 Å².